The van der Waals surface area contributed by atoms with Crippen molar-refractivity contribution in [3.8, 4) is 0 Å². The van der Waals surface area contributed by atoms with Gasteiger partial charge < -0.3 is 10.6 Å². The first kappa shape index (κ1) is 19.5. The molecular formula is C16H15Cl2FN2O3S. The summed E-state index contributed by atoms with van der Waals surface area (Å²) in [5.74, 6) is -0.661. The Morgan fingerprint density at radius 1 is 1.04 bits per heavy atom. The Morgan fingerprint density at radius 2 is 1.72 bits per heavy atom. The molecule has 0 aliphatic carbocycles. The topological polar surface area (TPSA) is 75.3 Å². The first-order valence-electron chi connectivity index (χ1n) is 7.26. The predicted octanol–water partition coefficient (Wildman–Crippen LogP) is 4.12. The number of anilines is 1. The fraction of sp³-hybridized carbons (Fsp3) is 0.188. The Balaban J connectivity index is 1.79. The number of carbonyl (C=O) groups is 1. The number of carbonyl (C=O) groups excluding carboxylic acids is 1. The van der Waals surface area contributed by atoms with Gasteiger partial charge in [0.2, 0.25) is 0 Å². The predicted molar refractivity (Wildman–Crippen MR) is 96.6 cm³/mol. The van der Waals surface area contributed by atoms with E-state index in [-0.39, 0.29) is 23.6 Å². The van der Waals surface area contributed by atoms with Gasteiger partial charge in [0.05, 0.1) is 20.7 Å². The standard InChI is InChI=1S/C16H15Cl2FN2O3S/c17-14-7-4-12(10-15(14)18)21-16(22)20-8-1-9-25(23,24)13-5-2-11(19)3-6-13/h2-7,10H,1,8-9H2,(H2,20,21,22). The van der Waals surface area contributed by atoms with Crippen LogP contribution in [0.25, 0.3) is 0 Å². The fourth-order valence-corrected chi connectivity index (χ4v) is 3.58. The van der Waals surface area contributed by atoms with Crippen LogP contribution in [0.4, 0.5) is 14.9 Å². The summed E-state index contributed by atoms with van der Waals surface area (Å²) in [6.45, 7) is 0.160. The molecule has 0 heterocycles. The highest BCUT2D eigenvalue weighted by atomic mass is 35.5. The molecule has 0 bridgehead atoms. The van der Waals surface area contributed by atoms with Crippen molar-refractivity contribution in [1.29, 1.82) is 0 Å². The number of urea groups is 1. The van der Waals surface area contributed by atoms with Crippen molar-refractivity contribution in [2.24, 2.45) is 0 Å². The fourth-order valence-electron chi connectivity index (χ4n) is 1.97. The quantitative estimate of drug-likeness (QED) is 0.561. The summed E-state index contributed by atoms with van der Waals surface area (Å²) >= 11 is 11.6. The van der Waals surface area contributed by atoms with Crippen molar-refractivity contribution in [1.82, 2.24) is 5.32 Å². The highest BCUT2D eigenvalue weighted by Gasteiger charge is 2.14. The first-order valence-corrected chi connectivity index (χ1v) is 9.67. The molecule has 134 valence electrons. The van der Waals surface area contributed by atoms with Crippen LogP contribution in [0.15, 0.2) is 47.4 Å². The number of sulfone groups is 1. The van der Waals surface area contributed by atoms with E-state index in [0.29, 0.717) is 15.7 Å². The molecule has 0 saturated heterocycles. The van der Waals surface area contributed by atoms with Crippen molar-refractivity contribution in [3.05, 3.63) is 58.3 Å². The molecule has 0 unspecified atom stereocenters. The van der Waals surface area contributed by atoms with Gasteiger partial charge in [0.1, 0.15) is 5.82 Å². The summed E-state index contributed by atoms with van der Waals surface area (Å²) in [4.78, 5) is 11.8. The van der Waals surface area contributed by atoms with Crippen molar-refractivity contribution < 1.29 is 17.6 Å². The average molecular weight is 405 g/mol. The maximum atomic E-state index is 12.8. The molecule has 0 aliphatic rings. The molecule has 2 rings (SSSR count). The van der Waals surface area contributed by atoms with Crippen molar-refractivity contribution >= 4 is 44.8 Å². The zero-order valence-corrected chi connectivity index (χ0v) is 15.3. The van der Waals surface area contributed by atoms with E-state index in [1.165, 1.54) is 18.2 Å². The van der Waals surface area contributed by atoms with Gasteiger partial charge in [-0.15, -0.1) is 0 Å². The molecular weight excluding hydrogens is 390 g/mol. The van der Waals surface area contributed by atoms with Gasteiger partial charge in [0.25, 0.3) is 0 Å². The molecule has 25 heavy (non-hydrogen) atoms. The molecule has 0 aliphatic heterocycles. The van der Waals surface area contributed by atoms with Gasteiger partial charge in [-0.25, -0.2) is 17.6 Å². The van der Waals surface area contributed by atoms with Crippen LogP contribution in [-0.2, 0) is 9.84 Å². The summed E-state index contributed by atoms with van der Waals surface area (Å²) in [6, 6.07) is 8.78. The van der Waals surface area contributed by atoms with Crippen LogP contribution < -0.4 is 10.6 Å². The molecule has 0 fully saturated rings. The second-order valence-electron chi connectivity index (χ2n) is 5.14. The second-order valence-corrected chi connectivity index (χ2v) is 8.06. The number of halogens is 3. The molecule has 0 spiro atoms. The first-order chi connectivity index (χ1) is 11.8. The SMILES string of the molecule is O=C(NCCCS(=O)(=O)c1ccc(F)cc1)Nc1ccc(Cl)c(Cl)c1. The summed E-state index contributed by atoms with van der Waals surface area (Å²) in [5, 5.41) is 5.79. The van der Waals surface area contributed by atoms with E-state index in [0.717, 1.165) is 12.1 Å². The van der Waals surface area contributed by atoms with Crippen LogP contribution in [0, 0.1) is 5.82 Å². The smallest absolute Gasteiger partial charge is 0.319 e. The molecule has 0 atom stereocenters. The minimum atomic E-state index is -3.51. The average Bonchev–Trinajstić information content (AvgIpc) is 2.55. The third-order valence-corrected chi connectivity index (χ3v) is 5.78. The molecule has 0 radical (unpaired) electrons. The zero-order valence-electron chi connectivity index (χ0n) is 12.9. The van der Waals surface area contributed by atoms with Crippen LogP contribution in [0.1, 0.15) is 6.42 Å². The number of benzene rings is 2. The number of hydrogen-bond donors (Lipinski definition) is 2. The Hall–Kier alpha value is -1.83. The van der Waals surface area contributed by atoms with E-state index in [1.807, 2.05) is 0 Å². The van der Waals surface area contributed by atoms with Gasteiger partial charge in [-0.1, -0.05) is 23.2 Å². The lowest BCUT2D eigenvalue weighted by atomic mass is 10.3. The molecule has 5 nitrogen and oxygen atoms in total. The second kappa shape index (κ2) is 8.51. The molecule has 0 aromatic heterocycles. The van der Waals surface area contributed by atoms with Crippen LogP contribution in [0.5, 0.6) is 0 Å². The zero-order chi connectivity index (χ0) is 18.4. The molecule has 0 saturated carbocycles. The minimum absolute atomic E-state index is 0.0501. The monoisotopic (exact) mass is 404 g/mol. The maximum Gasteiger partial charge on any atom is 0.319 e. The third-order valence-electron chi connectivity index (χ3n) is 3.23. The summed E-state index contributed by atoms with van der Waals surface area (Å²) in [5.41, 5.74) is 0.464. The van der Waals surface area contributed by atoms with Crippen molar-refractivity contribution in [2.75, 3.05) is 17.6 Å². The molecule has 2 N–H and O–H groups in total. The van der Waals surface area contributed by atoms with Gasteiger partial charge in [0, 0.05) is 12.2 Å². The van der Waals surface area contributed by atoms with Crippen molar-refractivity contribution in [3.63, 3.8) is 0 Å². The van der Waals surface area contributed by atoms with E-state index >= 15 is 0 Å². The molecule has 2 aromatic rings. The van der Waals surface area contributed by atoms with Gasteiger partial charge in [-0.3, -0.25) is 0 Å². The van der Waals surface area contributed by atoms with Crippen LogP contribution in [0.2, 0.25) is 10.0 Å². The van der Waals surface area contributed by atoms with Crippen LogP contribution >= 0.6 is 23.2 Å². The Bertz CT molecular complexity index is 858. The lowest BCUT2D eigenvalue weighted by Crippen LogP contribution is -2.30. The Morgan fingerprint density at radius 3 is 2.36 bits per heavy atom. The van der Waals surface area contributed by atoms with Crippen LogP contribution in [-0.4, -0.2) is 26.7 Å². The normalized spacial score (nSPS) is 11.2. The van der Waals surface area contributed by atoms with Gasteiger partial charge in [-0.2, -0.15) is 0 Å². The number of rotatable bonds is 6. The molecule has 2 amide bonds. The Labute approximate surface area is 155 Å². The highest BCUT2D eigenvalue weighted by molar-refractivity contribution is 7.91. The molecule has 9 heteroatoms. The Kier molecular flexibility index (Phi) is 6.64. The number of hydrogen-bond acceptors (Lipinski definition) is 3. The van der Waals surface area contributed by atoms with E-state index in [9.17, 15) is 17.6 Å². The van der Waals surface area contributed by atoms with E-state index < -0.39 is 21.7 Å². The highest BCUT2D eigenvalue weighted by Crippen LogP contribution is 2.24. The largest absolute Gasteiger partial charge is 0.338 e. The van der Waals surface area contributed by atoms with E-state index in [1.54, 1.807) is 12.1 Å². The summed E-state index contributed by atoms with van der Waals surface area (Å²) in [6.07, 6.45) is 0.217. The lowest BCUT2D eigenvalue weighted by Gasteiger charge is -2.09. The van der Waals surface area contributed by atoms with Crippen molar-refractivity contribution in [2.45, 2.75) is 11.3 Å². The summed E-state index contributed by atoms with van der Waals surface area (Å²) in [7, 11) is -3.51. The van der Waals surface area contributed by atoms with E-state index in [4.69, 9.17) is 23.2 Å². The summed E-state index contributed by atoms with van der Waals surface area (Å²) < 4.78 is 37.0. The van der Waals surface area contributed by atoms with Gasteiger partial charge >= 0.3 is 6.03 Å². The lowest BCUT2D eigenvalue weighted by molar-refractivity contribution is 0.252. The maximum absolute atomic E-state index is 12.8. The number of nitrogens with one attached hydrogen (secondary N) is 2. The minimum Gasteiger partial charge on any atom is -0.338 e. The molecule has 2 aromatic carbocycles. The van der Waals surface area contributed by atoms with Crippen LogP contribution in [0.3, 0.4) is 0 Å². The van der Waals surface area contributed by atoms with Gasteiger partial charge in [0.15, 0.2) is 9.84 Å². The van der Waals surface area contributed by atoms with Gasteiger partial charge in [-0.05, 0) is 48.9 Å². The van der Waals surface area contributed by atoms with E-state index in [2.05, 4.69) is 10.6 Å². The third kappa shape index (κ3) is 5.88. The number of amides is 2.